The Labute approximate surface area is 170 Å². The van der Waals surface area contributed by atoms with Gasteiger partial charge in [-0.05, 0) is 68.6 Å². The predicted octanol–water partition coefficient (Wildman–Crippen LogP) is 2.82. The molecule has 6 nitrogen and oxygen atoms in total. The van der Waals surface area contributed by atoms with Gasteiger partial charge in [-0.25, -0.2) is 0 Å². The van der Waals surface area contributed by atoms with Gasteiger partial charge in [0.05, 0.1) is 11.6 Å². The van der Waals surface area contributed by atoms with E-state index in [1.165, 1.54) is 18.4 Å². The molecule has 5 aliphatic rings. The molecule has 5 aliphatic heterocycles. The number of benzene rings is 1. The van der Waals surface area contributed by atoms with E-state index in [9.17, 15) is 4.79 Å². The highest BCUT2D eigenvalue weighted by Crippen LogP contribution is 2.48. The monoisotopic (exact) mass is 391 g/mol. The second-order valence-electron chi connectivity index (χ2n) is 8.67. The van der Waals surface area contributed by atoms with E-state index in [1.807, 2.05) is 25.1 Å². The molecule has 0 unspecified atom stereocenters. The third-order valence-corrected chi connectivity index (χ3v) is 7.32. The topological polar surface area (TPSA) is 54.9 Å². The van der Waals surface area contributed by atoms with Crippen molar-refractivity contribution in [3.8, 4) is 11.5 Å². The summed E-state index contributed by atoms with van der Waals surface area (Å²) in [6, 6.07) is 10.7. The van der Waals surface area contributed by atoms with Gasteiger partial charge in [0.1, 0.15) is 0 Å². The van der Waals surface area contributed by atoms with Crippen molar-refractivity contribution in [3.63, 3.8) is 0 Å². The molecule has 2 aromatic rings. The summed E-state index contributed by atoms with van der Waals surface area (Å²) < 4.78 is 11.1. The molecule has 0 spiro atoms. The first-order valence-corrected chi connectivity index (χ1v) is 10.6. The number of carbonyl (C=O) groups excluding carboxylic acids is 1. The fourth-order valence-corrected chi connectivity index (χ4v) is 5.96. The SMILES string of the molecule is Cc1ncccc1C(=O)N1C[C@H](c2ccc3c(c2)OCO3)[C@H]2[C@@H]1C1CCN2CC1. The summed E-state index contributed by atoms with van der Waals surface area (Å²) in [6.45, 7) is 5.23. The van der Waals surface area contributed by atoms with Gasteiger partial charge in [0.2, 0.25) is 6.79 Å². The molecule has 29 heavy (non-hydrogen) atoms. The van der Waals surface area contributed by atoms with Crippen molar-refractivity contribution in [2.24, 2.45) is 5.92 Å². The van der Waals surface area contributed by atoms with Gasteiger partial charge in [0, 0.05) is 30.4 Å². The summed E-state index contributed by atoms with van der Waals surface area (Å²) in [6.07, 6.45) is 4.12. The van der Waals surface area contributed by atoms with Crippen LogP contribution >= 0.6 is 0 Å². The molecule has 2 bridgehead atoms. The Morgan fingerprint density at radius 3 is 2.76 bits per heavy atom. The quantitative estimate of drug-likeness (QED) is 0.788. The lowest BCUT2D eigenvalue weighted by Crippen LogP contribution is -2.60. The van der Waals surface area contributed by atoms with Crippen molar-refractivity contribution < 1.29 is 14.3 Å². The molecule has 150 valence electrons. The average Bonchev–Trinajstić information content (AvgIpc) is 3.40. The molecule has 1 aromatic carbocycles. The van der Waals surface area contributed by atoms with E-state index in [0.29, 0.717) is 17.9 Å². The second kappa shape index (κ2) is 6.46. The molecule has 0 saturated carbocycles. The minimum atomic E-state index is 0.127. The van der Waals surface area contributed by atoms with Crippen molar-refractivity contribution in [2.75, 3.05) is 26.4 Å². The smallest absolute Gasteiger partial charge is 0.256 e. The van der Waals surface area contributed by atoms with Gasteiger partial charge in [-0.3, -0.25) is 14.7 Å². The third kappa shape index (κ3) is 2.58. The minimum absolute atomic E-state index is 0.127. The number of ether oxygens (including phenoxy) is 2. The maximum Gasteiger partial charge on any atom is 0.256 e. The van der Waals surface area contributed by atoms with E-state index in [1.54, 1.807) is 6.20 Å². The average molecular weight is 391 g/mol. The molecular weight excluding hydrogens is 366 g/mol. The van der Waals surface area contributed by atoms with E-state index in [2.05, 4.69) is 26.9 Å². The van der Waals surface area contributed by atoms with Crippen molar-refractivity contribution >= 4 is 5.91 Å². The molecule has 0 N–H and O–H groups in total. The summed E-state index contributed by atoms with van der Waals surface area (Å²) in [5.74, 6) is 2.64. The molecule has 1 amide bonds. The van der Waals surface area contributed by atoms with Crippen molar-refractivity contribution in [1.82, 2.24) is 14.8 Å². The van der Waals surface area contributed by atoms with Gasteiger partial charge < -0.3 is 14.4 Å². The van der Waals surface area contributed by atoms with Crippen LogP contribution in [0.4, 0.5) is 0 Å². The zero-order valence-electron chi connectivity index (χ0n) is 16.6. The fraction of sp³-hybridized carbons (Fsp3) is 0.478. The zero-order chi connectivity index (χ0) is 19.5. The number of amides is 1. The fourth-order valence-electron chi connectivity index (χ4n) is 5.96. The van der Waals surface area contributed by atoms with E-state index >= 15 is 0 Å². The molecule has 7 rings (SSSR count). The van der Waals surface area contributed by atoms with Gasteiger partial charge in [-0.1, -0.05) is 6.07 Å². The Hall–Kier alpha value is -2.60. The van der Waals surface area contributed by atoms with Crippen LogP contribution in [0.1, 0.15) is 40.4 Å². The second-order valence-corrected chi connectivity index (χ2v) is 8.67. The Morgan fingerprint density at radius 2 is 1.93 bits per heavy atom. The van der Waals surface area contributed by atoms with Crippen LogP contribution in [-0.4, -0.2) is 59.2 Å². The first-order chi connectivity index (χ1) is 14.2. The van der Waals surface area contributed by atoms with E-state index in [4.69, 9.17) is 9.47 Å². The van der Waals surface area contributed by atoms with Gasteiger partial charge in [0.15, 0.2) is 11.5 Å². The number of fused-ring (bicyclic) bond motifs is 3. The molecule has 1 aromatic heterocycles. The Bertz CT molecular complexity index is 970. The highest BCUT2D eigenvalue weighted by molar-refractivity contribution is 5.95. The number of nitrogens with zero attached hydrogens (tertiary/aromatic N) is 3. The number of carbonyl (C=O) groups is 1. The maximum absolute atomic E-state index is 13.6. The lowest BCUT2D eigenvalue weighted by Gasteiger charge is -2.51. The molecule has 4 saturated heterocycles. The van der Waals surface area contributed by atoms with Gasteiger partial charge in [0.25, 0.3) is 5.91 Å². The van der Waals surface area contributed by atoms with Crippen molar-refractivity contribution in [1.29, 1.82) is 0 Å². The summed E-state index contributed by atoms with van der Waals surface area (Å²) in [5, 5.41) is 0. The normalized spacial score (nSPS) is 31.8. The number of aromatic nitrogens is 1. The predicted molar refractivity (Wildman–Crippen MR) is 107 cm³/mol. The van der Waals surface area contributed by atoms with Crippen LogP contribution in [0.3, 0.4) is 0 Å². The third-order valence-electron chi connectivity index (χ3n) is 7.32. The molecule has 6 heteroatoms. The maximum atomic E-state index is 13.6. The molecule has 0 aliphatic carbocycles. The number of hydrogen-bond acceptors (Lipinski definition) is 5. The van der Waals surface area contributed by atoms with E-state index in [0.717, 1.165) is 42.4 Å². The summed E-state index contributed by atoms with van der Waals surface area (Å²) in [4.78, 5) is 22.7. The Morgan fingerprint density at radius 1 is 1.10 bits per heavy atom. The number of rotatable bonds is 2. The van der Waals surface area contributed by atoms with Gasteiger partial charge in [-0.2, -0.15) is 0 Å². The van der Waals surface area contributed by atoms with Crippen molar-refractivity contribution in [3.05, 3.63) is 53.3 Å². The number of hydrogen-bond donors (Lipinski definition) is 0. The Kier molecular flexibility index (Phi) is 3.85. The number of likely N-dealkylation sites (tertiary alicyclic amines) is 1. The number of pyridine rings is 1. The summed E-state index contributed by atoms with van der Waals surface area (Å²) >= 11 is 0. The highest BCUT2D eigenvalue weighted by atomic mass is 16.7. The van der Waals surface area contributed by atoms with Crippen molar-refractivity contribution in [2.45, 2.75) is 37.8 Å². The number of aryl methyl sites for hydroxylation is 1. The number of piperidine rings is 3. The standard InChI is InChI=1S/C23H25N3O3/c1-14-17(3-2-8-24-14)23(27)26-12-18(16-4-5-19-20(11-16)29-13-28-19)22-21(26)15-6-9-25(22)10-7-15/h2-5,8,11,15,18,21-22H,6-7,9-10,12-13H2,1H3/t18-,21+,22+/m1/s1. The lowest BCUT2D eigenvalue weighted by atomic mass is 9.75. The van der Waals surface area contributed by atoms with Crippen LogP contribution in [-0.2, 0) is 0 Å². The summed E-state index contributed by atoms with van der Waals surface area (Å²) in [5.41, 5.74) is 2.78. The van der Waals surface area contributed by atoms with Crippen LogP contribution in [0.5, 0.6) is 11.5 Å². The first-order valence-electron chi connectivity index (χ1n) is 10.6. The van der Waals surface area contributed by atoms with Gasteiger partial charge in [-0.15, -0.1) is 0 Å². The van der Waals surface area contributed by atoms with Crippen LogP contribution < -0.4 is 9.47 Å². The van der Waals surface area contributed by atoms with Crippen LogP contribution in [0.15, 0.2) is 36.5 Å². The van der Waals surface area contributed by atoms with Crippen LogP contribution in [0, 0.1) is 12.8 Å². The van der Waals surface area contributed by atoms with E-state index in [-0.39, 0.29) is 18.7 Å². The minimum Gasteiger partial charge on any atom is -0.454 e. The molecule has 0 radical (unpaired) electrons. The summed E-state index contributed by atoms with van der Waals surface area (Å²) in [7, 11) is 0. The van der Waals surface area contributed by atoms with E-state index < -0.39 is 0 Å². The first kappa shape index (κ1) is 17.3. The van der Waals surface area contributed by atoms with Crippen LogP contribution in [0.25, 0.3) is 0 Å². The zero-order valence-corrected chi connectivity index (χ0v) is 16.6. The molecule has 4 fully saturated rings. The lowest BCUT2D eigenvalue weighted by molar-refractivity contribution is -0.00345. The molecular formula is C23H25N3O3. The highest BCUT2D eigenvalue weighted by Gasteiger charge is 2.54. The molecule has 6 heterocycles. The largest absolute Gasteiger partial charge is 0.454 e. The molecule has 3 atom stereocenters. The van der Waals surface area contributed by atoms with Crippen LogP contribution in [0.2, 0.25) is 0 Å². The Balaban J connectivity index is 1.39. The van der Waals surface area contributed by atoms with Gasteiger partial charge >= 0.3 is 0 Å².